The normalized spacial score (nSPS) is 13.2. The van der Waals surface area contributed by atoms with E-state index in [9.17, 15) is 0 Å². The Balaban J connectivity index is 2.23. The van der Waals surface area contributed by atoms with Crippen LogP contribution in [0.1, 0.15) is 225 Å². The Kier molecular flexibility index (Phi) is 25.4. The van der Waals surface area contributed by atoms with Gasteiger partial charge in [-0.2, -0.15) is 0 Å². The van der Waals surface area contributed by atoms with Gasteiger partial charge in [0.15, 0.2) is 0 Å². The number of H-pyrrole nitrogens is 1. The number of nitrogens with one attached hydrogen (secondary N) is 1. The summed E-state index contributed by atoms with van der Waals surface area (Å²) in [6.45, 7) is 9.41. The van der Waals surface area contributed by atoms with E-state index in [0.29, 0.717) is 12.0 Å². The highest BCUT2D eigenvalue weighted by molar-refractivity contribution is 4.90. The van der Waals surface area contributed by atoms with E-state index in [4.69, 9.17) is 0 Å². The molecule has 1 heterocycles. The van der Waals surface area contributed by atoms with E-state index in [1.807, 2.05) is 0 Å². The average molecular weight is 546 g/mol. The van der Waals surface area contributed by atoms with E-state index < -0.39 is 0 Å². The Morgan fingerprint density at radius 3 is 1.28 bits per heavy atom. The predicted octanol–water partition coefficient (Wildman–Crippen LogP) is 12.9. The predicted molar refractivity (Wildman–Crippen MR) is 175 cm³/mol. The third-order valence-corrected chi connectivity index (χ3v) is 9.14. The van der Waals surface area contributed by atoms with Crippen LogP contribution >= 0.6 is 0 Å². The Bertz CT molecular complexity index is 606. The molecule has 1 aromatic rings. The Morgan fingerprint density at radius 1 is 0.487 bits per heavy atom. The second-order valence-electron chi connectivity index (χ2n) is 12.9. The van der Waals surface area contributed by atoms with E-state index in [2.05, 4.69) is 49.6 Å². The largest absolute Gasteiger partial charge is 0.257 e. The third-order valence-electron chi connectivity index (χ3n) is 9.14. The van der Waals surface area contributed by atoms with Gasteiger partial charge in [0.25, 0.3) is 5.82 Å². The first kappa shape index (κ1) is 36.2. The zero-order valence-electron chi connectivity index (χ0n) is 27.6. The molecule has 2 heteroatoms. The maximum absolute atomic E-state index is 3.69. The van der Waals surface area contributed by atoms with Gasteiger partial charge in [0.1, 0.15) is 12.4 Å². The SMILES string of the molecule is CCCCCCCCCCCCCCC(C)[n+]1cc[nH]c1C(CCCC)CCCCCCCCCCCCC. The number of hydrogen-bond donors (Lipinski definition) is 1. The first-order valence-corrected chi connectivity index (χ1v) is 18.3. The summed E-state index contributed by atoms with van der Waals surface area (Å²) in [6.07, 6.45) is 44.3. The van der Waals surface area contributed by atoms with Gasteiger partial charge in [-0.3, -0.25) is 0 Å². The van der Waals surface area contributed by atoms with E-state index in [-0.39, 0.29) is 0 Å². The van der Waals surface area contributed by atoms with Gasteiger partial charge in [0.2, 0.25) is 0 Å². The van der Waals surface area contributed by atoms with Gasteiger partial charge in [0.05, 0.1) is 12.0 Å². The van der Waals surface area contributed by atoms with Crippen molar-refractivity contribution < 1.29 is 4.57 Å². The zero-order chi connectivity index (χ0) is 28.2. The smallest absolute Gasteiger partial charge is 0.247 e. The molecule has 0 saturated carbocycles. The van der Waals surface area contributed by atoms with Gasteiger partial charge in [-0.25, -0.2) is 9.55 Å². The van der Waals surface area contributed by atoms with Crippen LogP contribution in [0.5, 0.6) is 0 Å². The second-order valence-corrected chi connectivity index (χ2v) is 12.9. The summed E-state index contributed by atoms with van der Waals surface area (Å²) in [5, 5.41) is 0. The van der Waals surface area contributed by atoms with E-state index in [1.54, 1.807) is 0 Å². The van der Waals surface area contributed by atoms with Crippen LogP contribution in [0.2, 0.25) is 0 Å². The van der Waals surface area contributed by atoms with Crippen LogP contribution in [-0.4, -0.2) is 4.98 Å². The third kappa shape index (κ3) is 19.8. The maximum Gasteiger partial charge on any atom is 0.257 e. The molecule has 1 N–H and O–H groups in total. The second kappa shape index (κ2) is 27.4. The number of aromatic nitrogens is 2. The lowest BCUT2D eigenvalue weighted by Crippen LogP contribution is -2.41. The summed E-state index contributed by atoms with van der Waals surface area (Å²) in [7, 11) is 0. The summed E-state index contributed by atoms with van der Waals surface area (Å²) >= 11 is 0. The summed E-state index contributed by atoms with van der Waals surface area (Å²) in [6, 6.07) is 0.621. The Labute approximate surface area is 246 Å². The standard InChI is InChI=1S/C37H72N2/c1-5-8-11-13-15-17-19-21-22-24-26-28-30-35(4)39-34-33-38-37(39)36(31-10-7-3)32-29-27-25-23-20-18-16-14-12-9-6-2/h33-36H,5-32H2,1-4H3/p+1. The van der Waals surface area contributed by atoms with Gasteiger partial charge >= 0.3 is 0 Å². The number of nitrogens with zero attached hydrogens (tertiary/aromatic N) is 1. The molecule has 0 saturated heterocycles. The zero-order valence-corrected chi connectivity index (χ0v) is 27.6. The van der Waals surface area contributed by atoms with Gasteiger partial charge in [0, 0.05) is 0 Å². The fourth-order valence-corrected chi connectivity index (χ4v) is 6.41. The molecule has 0 spiro atoms. The molecular weight excluding hydrogens is 472 g/mol. The number of unbranched alkanes of at least 4 members (excludes halogenated alkanes) is 22. The minimum absolute atomic E-state index is 0.621. The lowest BCUT2D eigenvalue weighted by molar-refractivity contribution is -0.727. The average Bonchev–Trinajstić information content (AvgIpc) is 3.44. The molecule has 0 aliphatic heterocycles. The van der Waals surface area contributed by atoms with E-state index >= 15 is 0 Å². The van der Waals surface area contributed by atoms with Crippen molar-refractivity contribution in [2.75, 3.05) is 0 Å². The van der Waals surface area contributed by atoms with Crippen LogP contribution < -0.4 is 4.57 Å². The van der Waals surface area contributed by atoms with Crippen molar-refractivity contribution in [3.63, 3.8) is 0 Å². The lowest BCUT2D eigenvalue weighted by Gasteiger charge is -2.17. The van der Waals surface area contributed by atoms with Crippen molar-refractivity contribution in [3.05, 3.63) is 18.2 Å². The minimum Gasteiger partial charge on any atom is -0.247 e. The molecule has 0 radical (unpaired) electrons. The molecule has 1 rings (SSSR count). The number of hydrogen-bond acceptors (Lipinski definition) is 0. The van der Waals surface area contributed by atoms with Crippen molar-refractivity contribution in [1.82, 2.24) is 4.98 Å². The highest BCUT2D eigenvalue weighted by atomic mass is 15.1. The lowest BCUT2D eigenvalue weighted by atomic mass is 9.93. The molecule has 39 heavy (non-hydrogen) atoms. The van der Waals surface area contributed by atoms with Crippen LogP contribution in [0.15, 0.2) is 12.4 Å². The molecule has 0 aromatic carbocycles. The molecule has 2 atom stereocenters. The molecule has 0 aliphatic carbocycles. The first-order chi connectivity index (χ1) is 19.2. The summed E-state index contributed by atoms with van der Waals surface area (Å²) in [5.41, 5.74) is 0. The van der Waals surface area contributed by atoms with E-state index in [0.717, 1.165) is 0 Å². The number of rotatable bonds is 30. The Morgan fingerprint density at radius 2 is 0.846 bits per heavy atom. The van der Waals surface area contributed by atoms with Crippen molar-refractivity contribution in [2.24, 2.45) is 0 Å². The molecule has 2 unspecified atom stereocenters. The van der Waals surface area contributed by atoms with Crippen molar-refractivity contribution in [3.8, 4) is 0 Å². The van der Waals surface area contributed by atoms with Gasteiger partial charge in [-0.05, 0) is 32.6 Å². The van der Waals surface area contributed by atoms with Crippen LogP contribution in [0.4, 0.5) is 0 Å². The van der Waals surface area contributed by atoms with Crippen molar-refractivity contribution >= 4 is 0 Å². The van der Waals surface area contributed by atoms with Gasteiger partial charge in [-0.15, -0.1) is 0 Å². The molecule has 1 aromatic heterocycles. The summed E-state index contributed by atoms with van der Waals surface area (Å²) in [4.78, 5) is 3.69. The highest BCUT2D eigenvalue weighted by Crippen LogP contribution is 2.27. The minimum atomic E-state index is 0.621. The highest BCUT2D eigenvalue weighted by Gasteiger charge is 2.25. The van der Waals surface area contributed by atoms with Crippen molar-refractivity contribution in [2.45, 2.75) is 219 Å². The summed E-state index contributed by atoms with van der Waals surface area (Å²) in [5.74, 6) is 2.23. The molecule has 0 fully saturated rings. The fraction of sp³-hybridized carbons (Fsp3) is 0.919. The van der Waals surface area contributed by atoms with Crippen molar-refractivity contribution in [1.29, 1.82) is 0 Å². The topological polar surface area (TPSA) is 19.7 Å². The van der Waals surface area contributed by atoms with Crippen LogP contribution in [0.3, 0.4) is 0 Å². The molecule has 230 valence electrons. The number of aromatic amines is 1. The van der Waals surface area contributed by atoms with Crippen LogP contribution in [-0.2, 0) is 0 Å². The first-order valence-electron chi connectivity index (χ1n) is 18.3. The Hall–Kier alpha value is -0.790. The quantitative estimate of drug-likeness (QED) is 0.0732. The van der Waals surface area contributed by atoms with Crippen LogP contribution in [0.25, 0.3) is 0 Å². The van der Waals surface area contributed by atoms with Crippen LogP contribution in [0, 0.1) is 0 Å². The molecule has 0 bridgehead atoms. The fourth-order valence-electron chi connectivity index (χ4n) is 6.41. The molecular formula is C37H73N2+. The molecule has 0 amide bonds. The summed E-state index contributed by atoms with van der Waals surface area (Å²) < 4.78 is 2.61. The molecule has 0 aliphatic rings. The maximum atomic E-state index is 3.69. The molecule has 2 nitrogen and oxygen atoms in total. The van der Waals surface area contributed by atoms with E-state index in [1.165, 1.54) is 186 Å². The van der Waals surface area contributed by atoms with Gasteiger partial charge in [-0.1, -0.05) is 175 Å². The van der Waals surface area contributed by atoms with Gasteiger partial charge < -0.3 is 0 Å². The monoisotopic (exact) mass is 546 g/mol. The number of imidazole rings is 1.